The van der Waals surface area contributed by atoms with Crippen LogP contribution in [0.1, 0.15) is 149 Å². The summed E-state index contributed by atoms with van der Waals surface area (Å²) in [5, 5.41) is 20.7. The molecule has 5 aliphatic carbocycles. The van der Waals surface area contributed by atoms with Gasteiger partial charge in [0.1, 0.15) is 62.8 Å². The van der Waals surface area contributed by atoms with Crippen LogP contribution in [0.25, 0.3) is 44.2 Å². The maximum absolute atomic E-state index is 15.5. The second-order valence-electron chi connectivity index (χ2n) is 34.4. The third-order valence-corrected chi connectivity index (χ3v) is 37.2. The van der Waals surface area contributed by atoms with Gasteiger partial charge in [0, 0.05) is 147 Å². The molecule has 0 atom stereocenters. The van der Waals surface area contributed by atoms with Crippen molar-refractivity contribution in [1.29, 1.82) is 0 Å². The van der Waals surface area contributed by atoms with Gasteiger partial charge in [-0.05, 0) is 300 Å². The second kappa shape index (κ2) is 40.4. The zero-order valence-corrected chi connectivity index (χ0v) is 88.2. The van der Waals surface area contributed by atoms with E-state index in [9.17, 15) is 69.1 Å². The minimum absolute atomic E-state index is 0.0655. The molecule has 46 heteroatoms. The molecule has 0 aliphatic heterocycles. The predicted octanol–water partition coefficient (Wildman–Crippen LogP) is 19.9. The van der Waals surface area contributed by atoms with Crippen molar-refractivity contribution >= 4 is 229 Å². The Hall–Kier alpha value is -9.04. The highest BCUT2D eigenvalue weighted by molar-refractivity contribution is 14.1. The Labute approximate surface area is 850 Å². The van der Waals surface area contributed by atoms with Gasteiger partial charge in [0.25, 0.3) is 0 Å². The van der Waals surface area contributed by atoms with Crippen molar-refractivity contribution in [3.63, 3.8) is 0 Å². The van der Waals surface area contributed by atoms with Crippen LogP contribution in [0.5, 0.6) is 0 Å². The van der Waals surface area contributed by atoms with E-state index in [1.807, 2.05) is 80.8 Å². The summed E-state index contributed by atoms with van der Waals surface area (Å²) in [5.41, 5.74) is 6.83. The Morgan fingerprint density at radius 2 is 0.848 bits per heavy atom. The van der Waals surface area contributed by atoms with Gasteiger partial charge in [0.15, 0.2) is 28.9 Å². The SMILES string of the molecule is Cc1c(Cc2ccc(I)cc2F)c(NS(=O)(=O)C2CC2)cn2ccnc12.Cc1c2cc(NS(=O)(=O)C3CC3)c(Cc3ccc(I)cc3F)c(F)c2nn1C.Cc1nn(C)c2c(F)c(Cc3ccc(I)cc3F)c(NS(=O)(=O)C3CC3)cc12.Cc1noc2c(F)c(Cc3ccc(Br)cc3F)c(NS(=O)(=O)C3(CCO)CC3)nc12.O=S(=O)(Nc1cn2ccnc2c(F)c1Cc1ccc(I)cc1F)C1CC1. The molecule has 15 aromatic rings. The molecule has 6 N–H and O–H groups in total. The quantitative estimate of drug-likeness (QED) is 0.0206. The Morgan fingerprint density at radius 3 is 1.29 bits per heavy atom. The molecule has 5 fully saturated rings. The second-order valence-corrected chi connectivity index (χ2v) is 50.2. The van der Waals surface area contributed by atoms with Gasteiger partial charge in [-0.1, -0.05) is 51.4 Å². The van der Waals surface area contributed by atoms with Crippen LogP contribution in [0.4, 0.5) is 68.1 Å². The topological polar surface area (TPSA) is 360 Å². The Morgan fingerprint density at radius 1 is 0.449 bits per heavy atom. The number of sulfonamides is 5. The van der Waals surface area contributed by atoms with Gasteiger partial charge < -0.3 is 18.4 Å². The summed E-state index contributed by atoms with van der Waals surface area (Å²) in [6.45, 7) is 6.67. The highest BCUT2D eigenvalue weighted by Crippen LogP contribution is 2.48. The lowest BCUT2D eigenvalue weighted by molar-refractivity contribution is 0.283. The van der Waals surface area contributed by atoms with Gasteiger partial charge in [-0.15, -0.1) is 0 Å². The van der Waals surface area contributed by atoms with E-state index in [2.05, 4.69) is 92.4 Å². The first-order valence-corrected chi connectivity index (χ1v) is 55.7. The van der Waals surface area contributed by atoms with Crippen molar-refractivity contribution in [3.8, 4) is 0 Å². The third-order valence-electron chi connectivity index (χ3n) is 24.4. The predicted molar refractivity (Wildman–Crippen MR) is 545 cm³/mol. The molecule has 7 aromatic carbocycles. The fraction of sp³-hybridized carbons (Fsp3) is 0.304. The number of imidazole rings is 2. The Kier molecular flexibility index (Phi) is 29.8. The van der Waals surface area contributed by atoms with E-state index in [1.54, 1.807) is 123 Å². The number of nitrogens with one attached hydrogen (secondary N) is 5. The average molecular weight is 2510 g/mol. The van der Waals surface area contributed by atoms with Crippen LogP contribution in [-0.4, -0.2) is 128 Å². The fourth-order valence-corrected chi connectivity index (χ4v) is 25.2. The molecule has 138 heavy (non-hydrogen) atoms. The van der Waals surface area contributed by atoms with Crippen molar-refractivity contribution in [3.05, 3.63) is 290 Å². The maximum atomic E-state index is 15.5. The number of aromatic nitrogens is 10. The maximum Gasteiger partial charge on any atom is 0.239 e. The standard InChI is InChI=1S/C19H18BrF2N3O4S.2C19H18F2IN3O2S.C18H17FIN3O2S.C17H14F2IN3O2S/c1-10-16-17(29-24-10)15(22)13(8-11-2-3-12(20)9-14(11)21)18(23-16)25-30(27,28)19(4-5-19)6-7-26;1-10-14-9-17(24-28(26,27)13-5-6-13)15(18(21)19(14)23-25(10)2)7-11-3-4-12(22)8-16(11)20;1-10-14-9-17(24-28(26,27)13-5-6-13)15(18(21)19(14)25(2)23-10)7-11-3-4-12(22)8-16(11)20;1-11-15(8-12-2-3-13(20)9-16(12)19)17(10-23-7-6-21-18(11)23)22-26(24,25)14-4-5-14;18-14-8-11(20)2-1-10(14)7-13-15(22-26(24,25)12-3-4-12)9-23-6-5-21-17(23)16(13)19/h2-3,9,26H,4-8H2,1H3,(H,23,25);2*3-4,8-9,13,24H,5-7H2,1-2H3;2-3,6-7,9-10,14,22H,4-5,8H2,1H3;1-2,5-6,8-9,12,22H,3-4,7H2. The highest BCUT2D eigenvalue weighted by Gasteiger charge is 2.54. The molecule has 5 aliphatic rings. The van der Waals surface area contributed by atoms with E-state index >= 15 is 17.6 Å². The van der Waals surface area contributed by atoms with E-state index in [1.165, 1.54) is 64.1 Å². The molecule has 5 saturated carbocycles. The molecule has 0 amide bonds. The molecule has 27 nitrogen and oxygen atoms in total. The number of anilines is 5. The Balaban J connectivity index is 0.000000125. The van der Waals surface area contributed by atoms with Crippen molar-refractivity contribution in [2.24, 2.45) is 14.1 Å². The van der Waals surface area contributed by atoms with Crippen molar-refractivity contribution < 1.29 is 91.2 Å². The van der Waals surface area contributed by atoms with Crippen LogP contribution in [0.15, 0.2) is 149 Å². The number of hydrogen-bond acceptors (Lipinski definition) is 18. The molecule has 0 bridgehead atoms. The number of nitrogens with zero attached hydrogens (tertiary/aromatic N) is 10. The summed E-state index contributed by atoms with van der Waals surface area (Å²) in [7, 11) is -14.9. The van der Waals surface area contributed by atoms with Crippen LogP contribution in [0.2, 0.25) is 0 Å². The largest absolute Gasteiger partial charge is 0.396 e. The molecular formula is C92H85BrF9I4N15O12S5. The van der Waals surface area contributed by atoms with Crippen LogP contribution < -0.4 is 23.6 Å². The van der Waals surface area contributed by atoms with E-state index in [0.29, 0.717) is 120 Å². The Bertz CT molecular complexity index is 7800. The number of hydrogen-bond donors (Lipinski definition) is 6. The number of aryl methyl sites for hydroxylation is 6. The number of fused-ring (bicyclic) bond motifs is 5. The minimum Gasteiger partial charge on any atom is -0.396 e. The first kappa shape index (κ1) is 102. The first-order valence-electron chi connectivity index (χ1n) is 42.9. The summed E-state index contributed by atoms with van der Waals surface area (Å²) in [4.78, 5) is 12.5. The summed E-state index contributed by atoms with van der Waals surface area (Å²) < 4.78 is 285. The van der Waals surface area contributed by atoms with E-state index < -0.39 is 117 Å². The lowest BCUT2D eigenvalue weighted by atomic mass is 10.00. The molecular weight excluding hydrogens is 2430 g/mol. The number of halogens is 14. The average Bonchev–Trinajstić information content (AvgIpc) is 1.59. The van der Waals surface area contributed by atoms with Gasteiger partial charge in [0.2, 0.25) is 55.7 Å². The van der Waals surface area contributed by atoms with E-state index in [-0.39, 0.29) is 139 Å². The van der Waals surface area contributed by atoms with Crippen LogP contribution in [0, 0.1) is 94.3 Å². The van der Waals surface area contributed by atoms with Crippen LogP contribution in [0.3, 0.4) is 0 Å². The van der Waals surface area contributed by atoms with E-state index in [4.69, 9.17) is 4.52 Å². The van der Waals surface area contributed by atoms with Gasteiger partial charge in [0.05, 0.1) is 54.2 Å². The zero-order valence-electron chi connectivity index (χ0n) is 73.9. The van der Waals surface area contributed by atoms with E-state index in [0.717, 1.165) is 31.1 Å². The lowest BCUT2D eigenvalue weighted by Gasteiger charge is -2.18. The molecule has 0 saturated heterocycles. The molecule has 8 aromatic heterocycles. The third kappa shape index (κ3) is 22.4. The molecule has 0 radical (unpaired) electrons. The lowest BCUT2D eigenvalue weighted by Crippen LogP contribution is -2.31. The molecule has 0 spiro atoms. The summed E-state index contributed by atoms with van der Waals surface area (Å²) in [6.07, 6.45) is 15.1. The van der Waals surface area contributed by atoms with Crippen LogP contribution in [-0.2, 0) is 96.3 Å². The summed E-state index contributed by atoms with van der Waals surface area (Å²) >= 11 is 11.2. The highest BCUT2D eigenvalue weighted by atomic mass is 127. The van der Waals surface area contributed by atoms with Crippen molar-refractivity contribution in [2.45, 2.75) is 156 Å². The molecule has 8 heterocycles. The van der Waals surface area contributed by atoms with Gasteiger partial charge in [-0.2, -0.15) is 10.2 Å². The normalized spacial score (nSPS) is 14.8. The minimum atomic E-state index is -3.97. The summed E-state index contributed by atoms with van der Waals surface area (Å²) in [5.74, 6) is -5.23. The number of rotatable bonds is 27. The van der Waals surface area contributed by atoms with Crippen LogP contribution >= 0.6 is 106 Å². The first-order chi connectivity index (χ1) is 65.2. The molecule has 20 rings (SSSR count). The van der Waals surface area contributed by atoms with Gasteiger partial charge in [-0.3, -0.25) is 33.0 Å². The smallest absolute Gasteiger partial charge is 0.239 e. The number of aliphatic hydroxyl groups is 1. The van der Waals surface area contributed by atoms with Gasteiger partial charge >= 0.3 is 0 Å². The zero-order chi connectivity index (χ0) is 99.1. The molecule has 728 valence electrons. The number of pyridine rings is 3. The van der Waals surface area contributed by atoms with Gasteiger partial charge in [-0.25, -0.2) is 96.6 Å². The monoisotopic (exact) mass is 2510 g/mol. The van der Waals surface area contributed by atoms with Crippen molar-refractivity contribution in [1.82, 2.24) is 48.5 Å². The molecule has 0 unspecified atom stereocenters. The van der Waals surface area contributed by atoms with Crippen molar-refractivity contribution in [2.75, 3.05) is 30.2 Å². The fourth-order valence-electron chi connectivity index (χ4n) is 15.8. The summed E-state index contributed by atoms with van der Waals surface area (Å²) in [6, 6.07) is 26.6. The number of aliphatic hydroxyl groups excluding tert-OH is 1. The number of benzene rings is 7.